The lowest BCUT2D eigenvalue weighted by Gasteiger charge is -2.27. The second kappa shape index (κ2) is 15.4. The van der Waals surface area contributed by atoms with Crippen LogP contribution in [0.5, 0.6) is 0 Å². The molecule has 2 aromatic rings. The van der Waals surface area contributed by atoms with E-state index >= 15 is 0 Å². The summed E-state index contributed by atoms with van der Waals surface area (Å²) in [6.07, 6.45) is 15.7. The Morgan fingerprint density at radius 2 is 1.56 bits per heavy atom. The van der Waals surface area contributed by atoms with Crippen LogP contribution in [0.2, 0.25) is 0 Å². The Labute approximate surface area is 262 Å². The molecule has 1 N–H and O–H groups in total. The molecule has 4 rings (SSSR count). The predicted molar refractivity (Wildman–Crippen MR) is 186 cm³/mol. The molecule has 0 aromatic heterocycles. The molecule has 0 saturated heterocycles. The van der Waals surface area contributed by atoms with Crippen molar-refractivity contribution in [3.05, 3.63) is 95.7 Å². The summed E-state index contributed by atoms with van der Waals surface area (Å²) in [5.74, 6) is 0.806. The highest BCUT2D eigenvalue weighted by Gasteiger charge is 2.42. The highest BCUT2D eigenvalue weighted by atomic mass is 16.1. The third-order valence-corrected chi connectivity index (χ3v) is 8.80. The zero-order valence-electron chi connectivity index (χ0n) is 28.3. The maximum absolute atomic E-state index is 12.2. The molecule has 2 aliphatic heterocycles. The van der Waals surface area contributed by atoms with Gasteiger partial charge in [0.25, 0.3) is 0 Å². The first-order valence-electron chi connectivity index (χ1n) is 16.4. The fraction of sp³-hybridized carbons (Fsp3) is 0.487. The Balaban J connectivity index is 0.00000248. The van der Waals surface area contributed by atoms with Gasteiger partial charge in [0.05, 0.1) is 5.41 Å². The number of nitrogens with one attached hydrogen (secondary N) is 1. The van der Waals surface area contributed by atoms with Gasteiger partial charge in [-0.1, -0.05) is 103 Å². The van der Waals surface area contributed by atoms with E-state index in [-0.39, 0.29) is 16.7 Å². The van der Waals surface area contributed by atoms with Crippen LogP contribution in [0.1, 0.15) is 98.6 Å². The molecule has 4 nitrogen and oxygen atoms in total. The fourth-order valence-corrected chi connectivity index (χ4v) is 6.36. The van der Waals surface area contributed by atoms with Gasteiger partial charge in [0.1, 0.15) is 7.05 Å². The van der Waals surface area contributed by atoms with Crippen LogP contribution < -0.4 is 10.2 Å². The molecule has 2 aromatic carbocycles. The van der Waals surface area contributed by atoms with Crippen molar-refractivity contribution in [1.29, 1.82) is 0 Å². The minimum Gasteiger partial charge on any atom is -0.356 e. The van der Waals surface area contributed by atoms with Crippen LogP contribution >= 0.6 is 0 Å². The molecule has 0 radical (unpaired) electrons. The van der Waals surface area contributed by atoms with Crippen molar-refractivity contribution in [2.45, 2.75) is 98.3 Å². The SMILES string of the molecule is CC.CC(C)CCNC(=O)CCCCCN1/C(=C/C=C/C=C/C2=[N+](C)c3ccccc3C2(C)C)C(C)(C)c2ccccc21. The number of hydrogen-bond acceptors (Lipinski definition) is 2. The van der Waals surface area contributed by atoms with Crippen molar-refractivity contribution >= 4 is 23.0 Å². The van der Waals surface area contributed by atoms with E-state index in [0.29, 0.717) is 12.3 Å². The van der Waals surface area contributed by atoms with E-state index in [2.05, 4.69) is 142 Å². The largest absolute Gasteiger partial charge is 0.356 e. The first-order chi connectivity index (χ1) is 20.5. The zero-order chi connectivity index (χ0) is 31.6. The number of allylic oxidation sites excluding steroid dienone is 6. The minimum absolute atomic E-state index is 0.0191. The molecule has 0 fully saturated rings. The van der Waals surface area contributed by atoms with Crippen LogP contribution in [0.15, 0.2) is 84.6 Å². The third-order valence-electron chi connectivity index (χ3n) is 8.80. The number of benzene rings is 2. The summed E-state index contributed by atoms with van der Waals surface area (Å²) in [5, 5.41) is 3.06. The molecule has 0 bridgehead atoms. The summed E-state index contributed by atoms with van der Waals surface area (Å²) >= 11 is 0. The number of anilines is 1. The molecule has 43 heavy (non-hydrogen) atoms. The summed E-state index contributed by atoms with van der Waals surface area (Å²) in [4.78, 5) is 14.7. The number of nitrogens with zero attached hydrogens (tertiary/aromatic N) is 2. The molecule has 2 heterocycles. The molecule has 1 amide bonds. The van der Waals surface area contributed by atoms with Crippen molar-refractivity contribution in [3.8, 4) is 0 Å². The van der Waals surface area contributed by atoms with E-state index < -0.39 is 0 Å². The molecule has 0 atom stereocenters. The van der Waals surface area contributed by atoms with Gasteiger partial charge in [-0.3, -0.25) is 4.79 Å². The van der Waals surface area contributed by atoms with Crippen LogP contribution in [0, 0.1) is 5.92 Å². The number of amides is 1. The first-order valence-corrected chi connectivity index (χ1v) is 16.4. The lowest BCUT2D eigenvalue weighted by molar-refractivity contribution is -0.401. The van der Waals surface area contributed by atoms with Gasteiger partial charge in [-0.25, -0.2) is 0 Å². The van der Waals surface area contributed by atoms with E-state index in [9.17, 15) is 4.79 Å². The molecule has 0 saturated carbocycles. The normalized spacial score (nSPS) is 17.5. The predicted octanol–water partition coefficient (Wildman–Crippen LogP) is 9.24. The Kier molecular flexibility index (Phi) is 12.2. The first kappa shape index (κ1) is 34.1. The van der Waals surface area contributed by atoms with Gasteiger partial charge < -0.3 is 10.2 Å². The third kappa shape index (κ3) is 7.96. The minimum atomic E-state index is -0.0645. The van der Waals surface area contributed by atoms with Gasteiger partial charge in [-0.15, -0.1) is 0 Å². The van der Waals surface area contributed by atoms with E-state index in [1.807, 2.05) is 13.8 Å². The Morgan fingerprint density at radius 1 is 0.884 bits per heavy atom. The second-order valence-electron chi connectivity index (χ2n) is 13.0. The summed E-state index contributed by atoms with van der Waals surface area (Å²) in [5.41, 5.74) is 7.90. The summed E-state index contributed by atoms with van der Waals surface area (Å²) < 4.78 is 2.31. The standard InChI is InChI=1S/C37H49N3O.C2H6/c1-28(2)25-26-38-35(41)24-12-9-17-27-40-32-21-16-14-19-30(32)37(5,6)34(40)23-11-8-10-22-33-36(3,4)29-18-13-15-20-31(29)39(33)7;1-2/h8,10-11,13-16,18-23,28H,9,12,17,24-27H2,1-7H3;1-2H3/p+1. The van der Waals surface area contributed by atoms with Gasteiger partial charge >= 0.3 is 0 Å². The molecule has 0 unspecified atom stereocenters. The van der Waals surface area contributed by atoms with Gasteiger partial charge in [0.2, 0.25) is 11.6 Å². The quantitative estimate of drug-likeness (QED) is 0.154. The van der Waals surface area contributed by atoms with Crippen molar-refractivity contribution in [2.24, 2.45) is 5.92 Å². The van der Waals surface area contributed by atoms with Crippen molar-refractivity contribution in [3.63, 3.8) is 0 Å². The molecule has 0 aliphatic carbocycles. The Hall–Kier alpha value is -3.40. The maximum Gasteiger partial charge on any atom is 0.219 e. The van der Waals surface area contributed by atoms with Crippen molar-refractivity contribution in [1.82, 2.24) is 5.32 Å². The smallest absolute Gasteiger partial charge is 0.219 e. The van der Waals surface area contributed by atoms with E-state index in [0.717, 1.165) is 38.8 Å². The Morgan fingerprint density at radius 3 is 2.26 bits per heavy atom. The van der Waals surface area contributed by atoms with Crippen LogP contribution in [-0.2, 0) is 15.6 Å². The molecule has 232 valence electrons. The second-order valence-corrected chi connectivity index (χ2v) is 13.0. The van der Waals surface area contributed by atoms with E-state index in [4.69, 9.17) is 0 Å². The Bertz CT molecular complexity index is 1360. The van der Waals surface area contributed by atoms with E-state index in [1.165, 1.54) is 33.9 Å². The summed E-state index contributed by atoms with van der Waals surface area (Å²) in [7, 11) is 2.16. The molecular formula is C39H56N3O+. The van der Waals surface area contributed by atoms with Gasteiger partial charge in [0.15, 0.2) is 5.71 Å². The highest BCUT2D eigenvalue weighted by Crippen LogP contribution is 2.47. The maximum atomic E-state index is 12.2. The van der Waals surface area contributed by atoms with E-state index in [1.54, 1.807) is 0 Å². The fourth-order valence-electron chi connectivity index (χ4n) is 6.36. The number of carbonyl (C=O) groups is 1. The lowest BCUT2D eigenvalue weighted by Crippen LogP contribution is -2.27. The van der Waals surface area contributed by atoms with Crippen LogP contribution in [0.4, 0.5) is 11.4 Å². The number of para-hydroxylation sites is 2. The van der Waals surface area contributed by atoms with Crippen molar-refractivity contribution < 1.29 is 9.37 Å². The average Bonchev–Trinajstić information content (AvgIpc) is 3.32. The van der Waals surface area contributed by atoms with Gasteiger partial charge in [-0.05, 0) is 56.7 Å². The summed E-state index contributed by atoms with van der Waals surface area (Å²) in [6.45, 7) is 19.4. The summed E-state index contributed by atoms with van der Waals surface area (Å²) in [6, 6.07) is 17.5. The van der Waals surface area contributed by atoms with Crippen LogP contribution in [0.25, 0.3) is 0 Å². The van der Waals surface area contributed by atoms with Gasteiger partial charge in [-0.2, -0.15) is 4.58 Å². The molecule has 2 aliphatic rings. The highest BCUT2D eigenvalue weighted by molar-refractivity contribution is 6.03. The van der Waals surface area contributed by atoms with Crippen LogP contribution in [-0.4, -0.2) is 36.3 Å². The molecule has 4 heteroatoms. The number of carbonyl (C=O) groups excluding carboxylic acids is 1. The topological polar surface area (TPSA) is 35.4 Å². The number of fused-ring (bicyclic) bond motifs is 2. The van der Waals surface area contributed by atoms with Crippen LogP contribution in [0.3, 0.4) is 0 Å². The zero-order valence-corrected chi connectivity index (χ0v) is 28.3. The molecular weight excluding hydrogens is 526 g/mol. The number of unbranched alkanes of at least 4 members (excludes halogenated alkanes) is 2. The molecule has 0 spiro atoms. The number of hydrogen-bond donors (Lipinski definition) is 1. The monoisotopic (exact) mass is 582 g/mol. The lowest BCUT2D eigenvalue weighted by atomic mass is 9.81. The van der Waals surface area contributed by atoms with Crippen molar-refractivity contribution in [2.75, 3.05) is 25.0 Å². The number of rotatable bonds is 12. The van der Waals surface area contributed by atoms with Gasteiger partial charge in [0, 0.05) is 54.0 Å². The average molecular weight is 583 g/mol.